The summed E-state index contributed by atoms with van der Waals surface area (Å²) in [5, 5.41) is 5.67. The van der Waals surface area contributed by atoms with Gasteiger partial charge in [0.1, 0.15) is 0 Å². The van der Waals surface area contributed by atoms with E-state index in [0.717, 1.165) is 16.2 Å². The molecule has 0 unspecified atom stereocenters. The molecule has 0 saturated carbocycles. The second-order valence-electron chi connectivity index (χ2n) is 9.59. The molecule has 0 aliphatic heterocycles. The Morgan fingerprint density at radius 2 is 1.22 bits per heavy atom. The summed E-state index contributed by atoms with van der Waals surface area (Å²) in [7, 11) is 0. The van der Waals surface area contributed by atoms with Crippen molar-refractivity contribution in [1.29, 1.82) is 0 Å². The standard InChI is InChI=1S/C35H24ClN/c1-23-9-2-4-12-27(23)32-21-25(29-15-8-11-24-10-3-5-13-28(24)29)17-20-34(32)37-33-16-7-6-14-30(33)31-19-18-26(36)22-35(31)37/h2-22H,1H3. The van der Waals surface area contributed by atoms with Crippen LogP contribution in [0.25, 0.3) is 60.5 Å². The van der Waals surface area contributed by atoms with E-state index in [-0.39, 0.29) is 0 Å². The van der Waals surface area contributed by atoms with Gasteiger partial charge in [-0.05, 0) is 70.3 Å². The van der Waals surface area contributed by atoms with Crippen LogP contribution in [0.1, 0.15) is 5.56 Å². The van der Waals surface area contributed by atoms with Gasteiger partial charge in [0.2, 0.25) is 0 Å². The molecule has 1 aromatic heterocycles. The molecule has 0 aliphatic carbocycles. The van der Waals surface area contributed by atoms with Crippen LogP contribution in [0.5, 0.6) is 0 Å². The molecule has 0 amide bonds. The average molecular weight is 494 g/mol. The van der Waals surface area contributed by atoms with Crippen molar-refractivity contribution < 1.29 is 0 Å². The summed E-state index contributed by atoms with van der Waals surface area (Å²) in [4.78, 5) is 0. The number of nitrogens with zero attached hydrogens (tertiary/aromatic N) is 1. The number of benzene rings is 6. The largest absolute Gasteiger partial charge is 0.309 e. The van der Waals surface area contributed by atoms with E-state index >= 15 is 0 Å². The molecule has 7 rings (SSSR count). The van der Waals surface area contributed by atoms with Crippen molar-refractivity contribution in [3.63, 3.8) is 0 Å². The second kappa shape index (κ2) is 8.65. The first-order valence-electron chi connectivity index (χ1n) is 12.6. The predicted octanol–water partition coefficient (Wildman–Crippen LogP) is 10.2. The molecule has 0 saturated heterocycles. The monoisotopic (exact) mass is 493 g/mol. The lowest BCUT2D eigenvalue weighted by molar-refractivity contribution is 1.18. The van der Waals surface area contributed by atoms with Gasteiger partial charge in [0.05, 0.1) is 16.7 Å². The van der Waals surface area contributed by atoms with Crippen LogP contribution in [0, 0.1) is 6.92 Å². The SMILES string of the molecule is Cc1ccccc1-c1cc(-c2cccc3ccccc23)ccc1-n1c2ccccc2c2ccc(Cl)cc21. The first-order valence-corrected chi connectivity index (χ1v) is 12.9. The van der Waals surface area contributed by atoms with Crippen molar-refractivity contribution in [2.45, 2.75) is 6.92 Å². The lowest BCUT2D eigenvalue weighted by atomic mass is 9.92. The minimum atomic E-state index is 0.737. The molecule has 0 atom stereocenters. The summed E-state index contributed by atoms with van der Waals surface area (Å²) >= 11 is 6.54. The Morgan fingerprint density at radius 1 is 0.514 bits per heavy atom. The number of para-hydroxylation sites is 1. The molecule has 0 N–H and O–H groups in total. The molecule has 6 aromatic carbocycles. The van der Waals surface area contributed by atoms with Crippen LogP contribution in [0.4, 0.5) is 0 Å². The van der Waals surface area contributed by atoms with Gasteiger partial charge in [-0.3, -0.25) is 0 Å². The smallest absolute Gasteiger partial charge is 0.0556 e. The molecule has 7 aromatic rings. The van der Waals surface area contributed by atoms with Gasteiger partial charge in [0, 0.05) is 21.4 Å². The Morgan fingerprint density at radius 3 is 2.11 bits per heavy atom. The minimum absolute atomic E-state index is 0.737. The molecule has 0 bridgehead atoms. The number of hydrogen-bond donors (Lipinski definition) is 0. The number of fused-ring (bicyclic) bond motifs is 4. The molecule has 0 aliphatic rings. The molecular formula is C35H24ClN. The highest BCUT2D eigenvalue weighted by Crippen LogP contribution is 2.40. The quantitative estimate of drug-likeness (QED) is 0.230. The van der Waals surface area contributed by atoms with E-state index in [1.807, 2.05) is 6.07 Å². The van der Waals surface area contributed by atoms with Crippen LogP contribution in [0.3, 0.4) is 0 Å². The van der Waals surface area contributed by atoms with E-state index in [9.17, 15) is 0 Å². The molecule has 37 heavy (non-hydrogen) atoms. The Kier molecular flexibility index (Phi) is 5.13. The van der Waals surface area contributed by atoms with E-state index in [0.29, 0.717) is 0 Å². The van der Waals surface area contributed by atoms with Gasteiger partial charge in [-0.1, -0.05) is 109 Å². The predicted molar refractivity (Wildman–Crippen MR) is 159 cm³/mol. The summed E-state index contributed by atoms with van der Waals surface area (Å²) in [6.45, 7) is 2.19. The maximum Gasteiger partial charge on any atom is 0.0556 e. The fraction of sp³-hybridized carbons (Fsp3) is 0.0286. The van der Waals surface area contributed by atoms with Crippen molar-refractivity contribution in [2.75, 3.05) is 0 Å². The van der Waals surface area contributed by atoms with Gasteiger partial charge in [-0.15, -0.1) is 0 Å². The fourth-order valence-corrected chi connectivity index (χ4v) is 5.84. The van der Waals surface area contributed by atoms with Crippen LogP contribution in [0.15, 0.2) is 127 Å². The summed E-state index contributed by atoms with van der Waals surface area (Å²) < 4.78 is 2.37. The average Bonchev–Trinajstić information content (AvgIpc) is 3.26. The zero-order chi connectivity index (χ0) is 24.9. The molecule has 176 valence electrons. The first-order chi connectivity index (χ1) is 18.2. The molecule has 0 radical (unpaired) electrons. The van der Waals surface area contributed by atoms with Gasteiger partial charge in [0.25, 0.3) is 0 Å². The second-order valence-corrected chi connectivity index (χ2v) is 10.0. The van der Waals surface area contributed by atoms with Crippen molar-refractivity contribution in [2.24, 2.45) is 0 Å². The molecular weight excluding hydrogens is 470 g/mol. The number of aromatic nitrogens is 1. The lowest BCUT2D eigenvalue weighted by Gasteiger charge is -2.18. The normalized spacial score (nSPS) is 11.5. The number of rotatable bonds is 3. The minimum Gasteiger partial charge on any atom is -0.309 e. The maximum atomic E-state index is 6.54. The number of aryl methyl sites for hydroxylation is 1. The molecule has 2 heteroatoms. The molecule has 0 spiro atoms. The van der Waals surface area contributed by atoms with Gasteiger partial charge in [0.15, 0.2) is 0 Å². The highest BCUT2D eigenvalue weighted by molar-refractivity contribution is 6.31. The summed E-state index contributed by atoms with van der Waals surface area (Å²) in [6, 6.07) is 45.5. The summed E-state index contributed by atoms with van der Waals surface area (Å²) in [6.07, 6.45) is 0. The third kappa shape index (κ3) is 3.55. The van der Waals surface area contributed by atoms with Gasteiger partial charge < -0.3 is 4.57 Å². The van der Waals surface area contributed by atoms with Gasteiger partial charge >= 0.3 is 0 Å². The van der Waals surface area contributed by atoms with Crippen molar-refractivity contribution in [1.82, 2.24) is 4.57 Å². The topological polar surface area (TPSA) is 4.93 Å². The highest BCUT2D eigenvalue weighted by atomic mass is 35.5. The fourth-order valence-electron chi connectivity index (χ4n) is 5.67. The maximum absolute atomic E-state index is 6.54. The van der Waals surface area contributed by atoms with E-state index in [1.54, 1.807) is 0 Å². The third-order valence-corrected chi connectivity index (χ3v) is 7.64. The van der Waals surface area contributed by atoms with E-state index in [1.165, 1.54) is 54.9 Å². The lowest BCUT2D eigenvalue weighted by Crippen LogP contribution is -1.99. The van der Waals surface area contributed by atoms with Crippen LogP contribution in [-0.4, -0.2) is 4.57 Å². The van der Waals surface area contributed by atoms with Gasteiger partial charge in [-0.2, -0.15) is 0 Å². The van der Waals surface area contributed by atoms with Crippen molar-refractivity contribution in [3.8, 4) is 27.9 Å². The van der Waals surface area contributed by atoms with Crippen molar-refractivity contribution >= 4 is 44.2 Å². The van der Waals surface area contributed by atoms with Crippen LogP contribution in [0.2, 0.25) is 5.02 Å². The number of halogens is 1. The number of hydrogen-bond acceptors (Lipinski definition) is 0. The molecule has 1 nitrogen and oxygen atoms in total. The Labute approximate surface area is 221 Å². The van der Waals surface area contributed by atoms with Crippen LogP contribution in [-0.2, 0) is 0 Å². The molecule has 1 heterocycles. The zero-order valence-corrected chi connectivity index (χ0v) is 21.2. The first kappa shape index (κ1) is 21.9. The highest BCUT2D eigenvalue weighted by Gasteiger charge is 2.18. The molecule has 0 fully saturated rings. The Balaban J connectivity index is 1.58. The van der Waals surface area contributed by atoms with E-state index in [2.05, 4.69) is 133 Å². The third-order valence-electron chi connectivity index (χ3n) is 7.41. The van der Waals surface area contributed by atoms with E-state index in [4.69, 9.17) is 11.6 Å². The summed E-state index contributed by atoms with van der Waals surface area (Å²) in [5.41, 5.74) is 9.55. The Hall–Kier alpha value is -4.33. The summed E-state index contributed by atoms with van der Waals surface area (Å²) in [5.74, 6) is 0. The van der Waals surface area contributed by atoms with Crippen LogP contribution >= 0.6 is 11.6 Å². The Bertz CT molecular complexity index is 1960. The van der Waals surface area contributed by atoms with Gasteiger partial charge in [-0.25, -0.2) is 0 Å². The zero-order valence-electron chi connectivity index (χ0n) is 20.4. The van der Waals surface area contributed by atoms with E-state index < -0.39 is 0 Å². The van der Waals surface area contributed by atoms with Crippen LogP contribution < -0.4 is 0 Å². The van der Waals surface area contributed by atoms with Crippen molar-refractivity contribution in [3.05, 3.63) is 138 Å².